The van der Waals surface area contributed by atoms with E-state index >= 15 is 0 Å². The van der Waals surface area contributed by atoms with Crippen LogP contribution in [0.15, 0.2) is 22.6 Å². The fourth-order valence-corrected chi connectivity index (χ4v) is 4.32. The highest BCUT2D eigenvalue weighted by molar-refractivity contribution is 7.15. The van der Waals surface area contributed by atoms with Crippen molar-refractivity contribution < 1.29 is 13.6 Å². The van der Waals surface area contributed by atoms with Crippen molar-refractivity contribution in [1.82, 2.24) is 4.98 Å². The molecule has 4 rings (SSSR count). The van der Waals surface area contributed by atoms with Gasteiger partial charge in [0.2, 0.25) is 0 Å². The maximum Gasteiger partial charge on any atom is 0.293 e. The van der Waals surface area contributed by atoms with Gasteiger partial charge in [-0.15, -0.1) is 11.3 Å². The highest BCUT2D eigenvalue weighted by Gasteiger charge is 2.23. The highest BCUT2D eigenvalue weighted by Crippen LogP contribution is 2.33. The number of halogens is 1. The Morgan fingerprint density at radius 2 is 2.29 bits per heavy atom. The Morgan fingerprint density at radius 1 is 1.46 bits per heavy atom. The average molecular weight is 344 g/mol. The summed E-state index contributed by atoms with van der Waals surface area (Å²) < 4.78 is 19.0. The largest absolute Gasteiger partial charge is 0.451 e. The minimum Gasteiger partial charge on any atom is -0.451 e. The van der Waals surface area contributed by atoms with E-state index in [0.29, 0.717) is 27.6 Å². The van der Waals surface area contributed by atoms with E-state index < -0.39 is 0 Å². The van der Waals surface area contributed by atoms with Gasteiger partial charge in [-0.1, -0.05) is 6.92 Å². The number of anilines is 1. The molecule has 1 aliphatic rings. The molecule has 2 aromatic heterocycles. The lowest BCUT2D eigenvalue weighted by Gasteiger charge is -2.15. The maximum atomic E-state index is 13.4. The van der Waals surface area contributed by atoms with E-state index in [1.54, 1.807) is 6.92 Å². The van der Waals surface area contributed by atoms with Gasteiger partial charge >= 0.3 is 0 Å². The second kappa shape index (κ2) is 5.70. The van der Waals surface area contributed by atoms with Gasteiger partial charge in [-0.2, -0.15) is 0 Å². The normalized spacial score (nSPS) is 17.0. The van der Waals surface area contributed by atoms with Gasteiger partial charge < -0.3 is 4.42 Å². The van der Waals surface area contributed by atoms with E-state index in [4.69, 9.17) is 4.42 Å². The van der Waals surface area contributed by atoms with Crippen LogP contribution in [0, 0.1) is 18.7 Å². The number of furan rings is 1. The first-order valence-electron chi connectivity index (χ1n) is 8.00. The molecule has 1 aromatic carbocycles. The van der Waals surface area contributed by atoms with E-state index in [1.165, 1.54) is 34.4 Å². The first-order chi connectivity index (χ1) is 11.5. The zero-order valence-corrected chi connectivity index (χ0v) is 14.3. The zero-order valence-electron chi connectivity index (χ0n) is 13.5. The molecule has 2 heterocycles. The Balaban J connectivity index is 1.62. The molecule has 24 heavy (non-hydrogen) atoms. The minimum atomic E-state index is -0.347. The van der Waals surface area contributed by atoms with Crippen molar-refractivity contribution >= 4 is 33.3 Å². The Bertz CT molecular complexity index is 944. The fraction of sp³-hybridized carbons (Fsp3) is 0.333. The number of rotatable bonds is 2. The molecule has 0 saturated carbocycles. The van der Waals surface area contributed by atoms with Crippen LogP contribution in [0.25, 0.3) is 11.0 Å². The van der Waals surface area contributed by atoms with Crippen LogP contribution in [0.4, 0.5) is 9.52 Å². The molecule has 0 bridgehead atoms. The summed E-state index contributed by atoms with van der Waals surface area (Å²) in [6.07, 6.45) is 3.12. The van der Waals surface area contributed by atoms with Gasteiger partial charge in [-0.3, -0.25) is 10.1 Å². The van der Waals surface area contributed by atoms with Gasteiger partial charge in [0.25, 0.3) is 5.91 Å². The number of benzene rings is 1. The number of nitrogens with one attached hydrogen (secondary N) is 1. The molecule has 0 spiro atoms. The van der Waals surface area contributed by atoms with E-state index in [-0.39, 0.29) is 17.5 Å². The summed E-state index contributed by atoms with van der Waals surface area (Å²) in [6, 6.07) is 4.25. The summed E-state index contributed by atoms with van der Waals surface area (Å²) in [5, 5.41) is 4.05. The van der Waals surface area contributed by atoms with Crippen LogP contribution in [0.3, 0.4) is 0 Å². The lowest BCUT2D eigenvalue weighted by molar-refractivity contribution is 0.0998. The third-order valence-electron chi connectivity index (χ3n) is 4.51. The molecular formula is C18H17FN2O2S. The van der Waals surface area contributed by atoms with Crippen molar-refractivity contribution in [3.63, 3.8) is 0 Å². The van der Waals surface area contributed by atoms with Crippen molar-refractivity contribution in [3.8, 4) is 0 Å². The molecule has 0 radical (unpaired) electrons. The molecule has 0 fully saturated rings. The summed E-state index contributed by atoms with van der Waals surface area (Å²) in [7, 11) is 0. The molecule has 3 aromatic rings. The predicted octanol–water partition coefficient (Wildman–Crippen LogP) is 4.71. The Labute approximate surface area is 142 Å². The maximum absolute atomic E-state index is 13.4. The highest BCUT2D eigenvalue weighted by atomic mass is 32.1. The van der Waals surface area contributed by atoms with Crippen molar-refractivity contribution in [1.29, 1.82) is 0 Å². The van der Waals surface area contributed by atoms with E-state index in [1.807, 2.05) is 0 Å². The number of nitrogens with zero attached hydrogens (tertiary/aromatic N) is 1. The molecule has 1 amide bonds. The molecule has 0 saturated heterocycles. The standard InChI is InChI=1S/C18H17FN2O2S/c1-9-3-5-13-15(7-9)24-18(20-13)21-17(22)16-10(2)12-8-11(19)4-6-14(12)23-16/h4,6,8-9H,3,5,7H2,1-2H3,(H,20,21,22). The Hall–Kier alpha value is -2.21. The molecule has 1 N–H and O–H groups in total. The SMILES string of the molecule is Cc1c(C(=O)Nc2nc3c(s2)CC(C)CC3)oc2ccc(F)cc12. The van der Waals surface area contributed by atoms with E-state index in [0.717, 1.165) is 25.0 Å². The molecule has 0 aliphatic heterocycles. The Morgan fingerprint density at radius 3 is 3.12 bits per heavy atom. The van der Waals surface area contributed by atoms with Crippen LogP contribution in [0.5, 0.6) is 0 Å². The third kappa shape index (κ3) is 2.60. The number of thiazole rings is 1. The van der Waals surface area contributed by atoms with Gasteiger partial charge in [-0.25, -0.2) is 9.37 Å². The van der Waals surface area contributed by atoms with Crippen LogP contribution < -0.4 is 5.32 Å². The number of hydrogen-bond donors (Lipinski definition) is 1. The molecule has 1 atom stereocenters. The number of fused-ring (bicyclic) bond motifs is 2. The first kappa shape index (κ1) is 15.3. The minimum absolute atomic E-state index is 0.206. The van der Waals surface area contributed by atoms with Crippen LogP contribution >= 0.6 is 11.3 Å². The van der Waals surface area contributed by atoms with E-state index in [2.05, 4.69) is 17.2 Å². The van der Waals surface area contributed by atoms with Gasteiger partial charge in [0, 0.05) is 15.8 Å². The summed E-state index contributed by atoms with van der Waals surface area (Å²) in [5.41, 5.74) is 2.24. The summed E-state index contributed by atoms with van der Waals surface area (Å²) >= 11 is 1.53. The Kier molecular flexibility index (Phi) is 3.64. The lowest BCUT2D eigenvalue weighted by atomic mass is 9.93. The van der Waals surface area contributed by atoms with Gasteiger partial charge in [0.05, 0.1) is 5.69 Å². The topological polar surface area (TPSA) is 55.1 Å². The van der Waals surface area contributed by atoms with Crippen molar-refractivity contribution in [3.05, 3.63) is 45.9 Å². The number of aryl methyl sites for hydroxylation is 2. The molecule has 124 valence electrons. The number of hydrogen-bond acceptors (Lipinski definition) is 4. The quantitative estimate of drug-likeness (QED) is 0.732. The lowest BCUT2D eigenvalue weighted by Crippen LogP contribution is -2.12. The second-order valence-electron chi connectivity index (χ2n) is 6.39. The second-order valence-corrected chi connectivity index (χ2v) is 7.47. The predicted molar refractivity (Wildman–Crippen MR) is 92.2 cm³/mol. The first-order valence-corrected chi connectivity index (χ1v) is 8.81. The zero-order chi connectivity index (χ0) is 16.8. The summed E-state index contributed by atoms with van der Waals surface area (Å²) in [6.45, 7) is 3.99. The van der Waals surface area contributed by atoms with Gasteiger partial charge in [-0.05, 0) is 50.3 Å². The number of amides is 1. The van der Waals surface area contributed by atoms with Crippen molar-refractivity contribution in [2.24, 2.45) is 5.92 Å². The van der Waals surface area contributed by atoms with Crippen LogP contribution in [0.1, 0.15) is 40.0 Å². The van der Waals surface area contributed by atoms with Crippen LogP contribution in [-0.4, -0.2) is 10.9 Å². The van der Waals surface area contributed by atoms with E-state index in [9.17, 15) is 9.18 Å². The monoisotopic (exact) mass is 344 g/mol. The van der Waals surface area contributed by atoms with Crippen molar-refractivity contribution in [2.45, 2.75) is 33.1 Å². The van der Waals surface area contributed by atoms with Crippen molar-refractivity contribution in [2.75, 3.05) is 5.32 Å². The van der Waals surface area contributed by atoms with Gasteiger partial charge in [0.15, 0.2) is 10.9 Å². The van der Waals surface area contributed by atoms with Crippen LogP contribution in [-0.2, 0) is 12.8 Å². The number of aromatic nitrogens is 1. The van der Waals surface area contributed by atoms with Crippen LogP contribution in [0.2, 0.25) is 0 Å². The van der Waals surface area contributed by atoms with Gasteiger partial charge in [0.1, 0.15) is 11.4 Å². The third-order valence-corrected chi connectivity index (χ3v) is 5.55. The number of carbonyl (C=O) groups is 1. The summed E-state index contributed by atoms with van der Waals surface area (Å²) in [4.78, 5) is 18.3. The molecule has 4 nitrogen and oxygen atoms in total. The number of carbonyl (C=O) groups excluding carboxylic acids is 1. The fourth-order valence-electron chi connectivity index (χ4n) is 3.16. The summed E-state index contributed by atoms with van der Waals surface area (Å²) in [5.74, 6) is 0.175. The molecule has 1 aliphatic carbocycles. The molecular weight excluding hydrogens is 327 g/mol. The average Bonchev–Trinajstić information content (AvgIpc) is 3.08. The molecule has 6 heteroatoms. The molecule has 1 unspecified atom stereocenters. The smallest absolute Gasteiger partial charge is 0.293 e.